The highest BCUT2D eigenvalue weighted by atomic mass is 19.1. The van der Waals surface area contributed by atoms with Gasteiger partial charge in [0, 0.05) is 32.2 Å². The van der Waals surface area contributed by atoms with E-state index in [1.165, 1.54) is 4.90 Å². The van der Waals surface area contributed by atoms with E-state index < -0.39 is 29.6 Å². The van der Waals surface area contributed by atoms with Crippen LogP contribution < -0.4 is 0 Å². The molecule has 0 bridgehead atoms. The average Bonchev–Trinajstić information content (AvgIpc) is 2.46. The molecule has 1 N–H and O–H groups in total. The Bertz CT molecular complexity index is 557. The Hall–Kier alpha value is -2.02. The van der Waals surface area contributed by atoms with E-state index >= 15 is 0 Å². The molecule has 0 aliphatic carbocycles. The van der Waals surface area contributed by atoms with Crippen LogP contribution in [0.25, 0.3) is 0 Å². The van der Waals surface area contributed by atoms with Crippen LogP contribution in [0.3, 0.4) is 0 Å². The first-order valence-corrected chi connectivity index (χ1v) is 6.61. The Labute approximate surface area is 120 Å². The van der Waals surface area contributed by atoms with Crippen molar-refractivity contribution in [2.24, 2.45) is 0 Å². The number of carboxylic acid groups (broad SMARTS) is 1. The third-order valence-corrected chi connectivity index (χ3v) is 3.67. The predicted molar refractivity (Wildman–Crippen MR) is 70.9 cm³/mol. The Kier molecular flexibility index (Phi) is 4.52. The van der Waals surface area contributed by atoms with Crippen molar-refractivity contribution in [1.82, 2.24) is 9.80 Å². The van der Waals surface area contributed by atoms with Crippen LogP contribution in [0.1, 0.15) is 17.3 Å². The van der Waals surface area contributed by atoms with Crippen molar-refractivity contribution in [3.05, 3.63) is 35.4 Å². The van der Waals surface area contributed by atoms with E-state index in [4.69, 9.17) is 5.11 Å². The molecule has 1 saturated heterocycles. The van der Waals surface area contributed by atoms with Crippen LogP contribution in [0.4, 0.5) is 8.78 Å². The summed E-state index contributed by atoms with van der Waals surface area (Å²) in [6.07, 6.45) is 0. The summed E-state index contributed by atoms with van der Waals surface area (Å²) in [6.45, 7) is 3.02. The lowest BCUT2D eigenvalue weighted by Gasteiger charge is -2.36. The molecular weight excluding hydrogens is 282 g/mol. The van der Waals surface area contributed by atoms with Crippen LogP contribution in [-0.2, 0) is 4.79 Å². The van der Waals surface area contributed by atoms with Gasteiger partial charge >= 0.3 is 5.97 Å². The standard InChI is InChI=1S/C14H16F2N2O3/c1-9(14(20)21)17-4-6-18(7-5-17)13(19)11-3-2-10(15)8-12(11)16/h2-3,8-9H,4-7H2,1H3,(H,20,21)/t9-/m0/s1. The minimum atomic E-state index is -0.917. The summed E-state index contributed by atoms with van der Waals surface area (Å²) in [4.78, 5) is 26.3. The molecule has 1 aliphatic heterocycles. The summed E-state index contributed by atoms with van der Waals surface area (Å²) in [6, 6.07) is 2.22. The molecule has 1 aromatic carbocycles. The quantitative estimate of drug-likeness (QED) is 0.911. The molecule has 2 rings (SSSR count). The largest absolute Gasteiger partial charge is 0.480 e. The number of hydrogen-bond donors (Lipinski definition) is 1. The Morgan fingerprint density at radius 3 is 2.33 bits per heavy atom. The van der Waals surface area contributed by atoms with E-state index in [0.717, 1.165) is 12.1 Å². The fourth-order valence-corrected chi connectivity index (χ4v) is 2.30. The van der Waals surface area contributed by atoms with Crippen LogP contribution in [0, 0.1) is 11.6 Å². The zero-order valence-electron chi connectivity index (χ0n) is 11.6. The van der Waals surface area contributed by atoms with Gasteiger partial charge in [0.1, 0.15) is 17.7 Å². The van der Waals surface area contributed by atoms with Crippen LogP contribution in [0.5, 0.6) is 0 Å². The zero-order chi connectivity index (χ0) is 15.6. The highest BCUT2D eigenvalue weighted by Crippen LogP contribution is 2.15. The first-order valence-electron chi connectivity index (χ1n) is 6.61. The van der Waals surface area contributed by atoms with Gasteiger partial charge in [-0.25, -0.2) is 8.78 Å². The third kappa shape index (κ3) is 3.36. The molecule has 0 aromatic heterocycles. The van der Waals surface area contributed by atoms with Crippen LogP contribution in [-0.4, -0.2) is 59.0 Å². The second kappa shape index (κ2) is 6.17. The minimum absolute atomic E-state index is 0.170. The van der Waals surface area contributed by atoms with Crippen molar-refractivity contribution in [2.45, 2.75) is 13.0 Å². The van der Waals surface area contributed by atoms with E-state index in [1.54, 1.807) is 11.8 Å². The molecule has 1 heterocycles. The topological polar surface area (TPSA) is 60.9 Å². The molecule has 0 radical (unpaired) electrons. The molecule has 5 nitrogen and oxygen atoms in total. The van der Waals surface area contributed by atoms with E-state index in [-0.39, 0.29) is 5.56 Å². The van der Waals surface area contributed by atoms with Crippen LogP contribution in [0.2, 0.25) is 0 Å². The van der Waals surface area contributed by atoms with E-state index in [0.29, 0.717) is 32.2 Å². The first kappa shape index (κ1) is 15.4. The molecule has 0 spiro atoms. The summed E-state index contributed by atoms with van der Waals surface area (Å²) in [5.74, 6) is -3.04. The lowest BCUT2D eigenvalue weighted by atomic mass is 10.1. The molecule has 1 amide bonds. The van der Waals surface area contributed by atoms with Gasteiger partial charge < -0.3 is 10.0 Å². The van der Waals surface area contributed by atoms with Gasteiger partial charge in [0.25, 0.3) is 5.91 Å². The van der Waals surface area contributed by atoms with Gasteiger partial charge in [-0.1, -0.05) is 0 Å². The normalized spacial score (nSPS) is 17.6. The van der Waals surface area contributed by atoms with Crippen molar-refractivity contribution < 1.29 is 23.5 Å². The number of carbonyl (C=O) groups is 2. The number of rotatable bonds is 3. The SMILES string of the molecule is C[C@@H](C(=O)O)N1CCN(C(=O)c2ccc(F)cc2F)CC1. The van der Waals surface area contributed by atoms with Crippen molar-refractivity contribution in [3.63, 3.8) is 0 Å². The summed E-state index contributed by atoms with van der Waals surface area (Å²) < 4.78 is 26.4. The molecule has 114 valence electrons. The Morgan fingerprint density at radius 2 is 1.81 bits per heavy atom. The molecular formula is C14H16F2N2O3. The van der Waals surface area contributed by atoms with E-state index in [9.17, 15) is 18.4 Å². The molecule has 1 aromatic rings. The number of carbonyl (C=O) groups excluding carboxylic acids is 1. The molecule has 1 atom stereocenters. The number of carboxylic acids is 1. The van der Waals surface area contributed by atoms with Gasteiger partial charge in [-0.15, -0.1) is 0 Å². The fourth-order valence-electron chi connectivity index (χ4n) is 2.30. The van der Waals surface area contributed by atoms with Gasteiger partial charge in [0.05, 0.1) is 5.56 Å². The van der Waals surface area contributed by atoms with Crippen molar-refractivity contribution in [3.8, 4) is 0 Å². The van der Waals surface area contributed by atoms with Gasteiger partial charge in [-0.3, -0.25) is 14.5 Å². The lowest BCUT2D eigenvalue weighted by molar-refractivity contribution is -0.143. The summed E-state index contributed by atoms with van der Waals surface area (Å²) in [5.41, 5.74) is -0.170. The second-order valence-corrected chi connectivity index (χ2v) is 4.97. The van der Waals surface area contributed by atoms with Crippen molar-refractivity contribution in [1.29, 1.82) is 0 Å². The number of hydrogen-bond acceptors (Lipinski definition) is 3. The van der Waals surface area contributed by atoms with Crippen molar-refractivity contribution >= 4 is 11.9 Å². The Balaban J connectivity index is 2.02. The molecule has 1 aliphatic rings. The maximum Gasteiger partial charge on any atom is 0.320 e. The smallest absolute Gasteiger partial charge is 0.320 e. The monoisotopic (exact) mass is 298 g/mol. The molecule has 7 heteroatoms. The number of benzene rings is 1. The van der Waals surface area contributed by atoms with Gasteiger partial charge in [0.2, 0.25) is 0 Å². The van der Waals surface area contributed by atoms with Gasteiger partial charge in [-0.05, 0) is 19.1 Å². The average molecular weight is 298 g/mol. The number of aliphatic carboxylic acids is 1. The van der Waals surface area contributed by atoms with Gasteiger partial charge in [0.15, 0.2) is 0 Å². The summed E-state index contributed by atoms with van der Waals surface area (Å²) >= 11 is 0. The zero-order valence-corrected chi connectivity index (χ0v) is 11.6. The minimum Gasteiger partial charge on any atom is -0.480 e. The number of piperazine rings is 1. The third-order valence-electron chi connectivity index (χ3n) is 3.67. The van der Waals surface area contributed by atoms with E-state index in [2.05, 4.69) is 0 Å². The first-order chi connectivity index (χ1) is 9.90. The summed E-state index contributed by atoms with van der Waals surface area (Å²) in [7, 11) is 0. The highest BCUT2D eigenvalue weighted by molar-refractivity contribution is 5.94. The maximum absolute atomic E-state index is 13.6. The molecule has 1 fully saturated rings. The second-order valence-electron chi connectivity index (χ2n) is 4.97. The molecule has 0 unspecified atom stereocenters. The van der Waals surface area contributed by atoms with Crippen molar-refractivity contribution in [2.75, 3.05) is 26.2 Å². The Morgan fingerprint density at radius 1 is 1.19 bits per heavy atom. The number of amides is 1. The number of nitrogens with zero attached hydrogens (tertiary/aromatic N) is 2. The van der Waals surface area contributed by atoms with Crippen LogP contribution in [0.15, 0.2) is 18.2 Å². The lowest BCUT2D eigenvalue weighted by Crippen LogP contribution is -2.53. The molecule has 21 heavy (non-hydrogen) atoms. The fraction of sp³-hybridized carbons (Fsp3) is 0.429. The maximum atomic E-state index is 13.6. The highest BCUT2D eigenvalue weighted by Gasteiger charge is 2.28. The summed E-state index contributed by atoms with van der Waals surface area (Å²) in [5, 5.41) is 8.94. The molecule has 0 saturated carbocycles. The van der Waals surface area contributed by atoms with Gasteiger partial charge in [-0.2, -0.15) is 0 Å². The predicted octanol–water partition coefficient (Wildman–Crippen LogP) is 1.20. The van der Waals surface area contributed by atoms with E-state index in [1.807, 2.05) is 0 Å². The van der Waals surface area contributed by atoms with Crippen LogP contribution >= 0.6 is 0 Å². The number of halogens is 2.